The zero-order valence-electron chi connectivity index (χ0n) is 11.9. The molecule has 0 aromatic heterocycles. The standard InChI is InChI=1S/C13H24BNO3/c1-9-5-11(13(9,3)4)6-12-7-17-14(18-12)8-15-10(2)16/h9,11-12H,5-8H2,1-4H3,(H,15,16)/t9-,11-,12+/m0/s1. The molecule has 0 unspecified atom stereocenters. The lowest BCUT2D eigenvalue weighted by molar-refractivity contribution is -0.118. The average molecular weight is 253 g/mol. The third kappa shape index (κ3) is 2.89. The lowest BCUT2D eigenvalue weighted by Crippen LogP contribution is -2.45. The molecule has 0 spiro atoms. The summed E-state index contributed by atoms with van der Waals surface area (Å²) < 4.78 is 11.4. The Morgan fingerprint density at radius 1 is 1.50 bits per heavy atom. The van der Waals surface area contributed by atoms with Crippen molar-refractivity contribution in [1.29, 1.82) is 0 Å². The van der Waals surface area contributed by atoms with Gasteiger partial charge in [0.15, 0.2) is 0 Å². The van der Waals surface area contributed by atoms with Gasteiger partial charge in [-0.15, -0.1) is 0 Å². The molecule has 0 radical (unpaired) electrons. The Morgan fingerprint density at radius 3 is 2.78 bits per heavy atom. The fourth-order valence-corrected chi connectivity index (χ4v) is 2.96. The van der Waals surface area contributed by atoms with Gasteiger partial charge >= 0.3 is 7.12 Å². The Kier molecular flexibility index (Phi) is 4.02. The predicted octanol–water partition coefficient (Wildman–Crippen LogP) is 1.64. The van der Waals surface area contributed by atoms with E-state index in [4.69, 9.17) is 9.31 Å². The number of amides is 1. The van der Waals surface area contributed by atoms with E-state index in [9.17, 15) is 4.79 Å². The number of hydrogen-bond acceptors (Lipinski definition) is 3. The molecule has 1 saturated heterocycles. The second-order valence-corrected chi connectivity index (χ2v) is 6.35. The maximum absolute atomic E-state index is 10.8. The van der Waals surface area contributed by atoms with E-state index in [-0.39, 0.29) is 19.1 Å². The van der Waals surface area contributed by atoms with Crippen molar-refractivity contribution in [2.45, 2.75) is 46.6 Å². The van der Waals surface area contributed by atoms with Crippen LogP contribution in [0.1, 0.15) is 40.5 Å². The van der Waals surface area contributed by atoms with E-state index in [2.05, 4.69) is 26.1 Å². The highest BCUT2D eigenvalue weighted by Gasteiger charge is 2.47. The molecular weight excluding hydrogens is 229 g/mol. The Hall–Kier alpha value is -0.545. The summed E-state index contributed by atoms with van der Waals surface area (Å²) in [7, 11) is -0.264. The molecule has 1 saturated carbocycles. The van der Waals surface area contributed by atoms with Crippen molar-refractivity contribution in [2.75, 3.05) is 13.1 Å². The molecule has 5 heteroatoms. The van der Waals surface area contributed by atoms with Gasteiger partial charge in [0, 0.05) is 6.92 Å². The maximum Gasteiger partial charge on any atom is 0.477 e. The number of carbonyl (C=O) groups is 1. The van der Waals surface area contributed by atoms with Gasteiger partial charge in [0.05, 0.1) is 19.2 Å². The first kappa shape index (κ1) is 13.9. The summed E-state index contributed by atoms with van der Waals surface area (Å²) in [6.07, 6.45) is 3.02. The van der Waals surface area contributed by atoms with Crippen molar-refractivity contribution < 1.29 is 14.1 Å². The molecule has 2 rings (SSSR count). The molecule has 0 bridgehead atoms. The van der Waals surface area contributed by atoms with E-state index in [0.29, 0.717) is 18.5 Å². The molecule has 0 aromatic rings. The Morgan fingerprint density at radius 2 is 2.22 bits per heavy atom. The van der Waals surface area contributed by atoms with Gasteiger partial charge < -0.3 is 14.6 Å². The number of carbonyl (C=O) groups excluding carboxylic acids is 1. The van der Waals surface area contributed by atoms with Crippen molar-refractivity contribution in [3.8, 4) is 0 Å². The minimum absolute atomic E-state index is 0.0420. The smallest absolute Gasteiger partial charge is 0.407 e. The minimum atomic E-state index is -0.264. The average Bonchev–Trinajstić information content (AvgIpc) is 2.74. The van der Waals surface area contributed by atoms with Crippen molar-refractivity contribution in [2.24, 2.45) is 17.3 Å². The lowest BCUT2D eigenvalue weighted by atomic mass is 9.54. The largest absolute Gasteiger partial charge is 0.477 e. The zero-order valence-corrected chi connectivity index (χ0v) is 11.9. The Labute approximate surface area is 110 Å². The Balaban J connectivity index is 1.72. The fraction of sp³-hybridized carbons (Fsp3) is 0.923. The van der Waals surface area contributed by atoms with Crippen LogP contribution in [-0.2, 0) is 14.1 Å². The molecule has 3 atom stereocenters. The van der Waals surface area contributed by atoms with Gasteiger partial charge in [-0.2, -0.15) is 0 Å². The second-order valence-electron chi connectivity index (χ2n) is 6.35. The predicted molar refractivity (Wildman–Crippen MR) is 70.9 cm³/mol. The van der Waals surface area contributed by atoms with E-state index in [0.717, 1.165) is 18.3 Å². The van der Waals surface area contributed by atoms with Crippen LogP contribution >= 0.6 is 0 Å². The van der Waals surface area contributed by atoms with Gasteiger partial charge in [0.25, 0.3) is 0 Å². The summed E-state index contributed by atoms with van der Waals surface area (Å²) in [5.41, 5.74) is 0.430. The SMILES string of the molecule is CC(=O)NCB1OC[C@@H](C[C@@H]2C[C@H](C)C2(C)C)O1. The minimum Gasteiger partial charge on any atom is -0.407 e. The third-order valence-electron chi connectivity index (χ3n) is 4.84. The normalized spacial score (nSPS) is 34.2. The van der Waals surface area contributed by atoms with Crippen LogP contribution in [0, 0.1) is 17.3 Å². The van der Waals surface area contributed by atoms with Crippen LogP contribution < -0.4 is 5.32 Å². The summed E-state index contributed by atoms with van der Waals surface area (Å²) in [5, 5.41) is 2.72. The van der Waals surface area contributed by atoms with E-state index in [1.54, 1.807) is 0 Å². The van der Waals surface area contributed by atoms with Crippen molar-refractivity contribution in [1.82, 2.24) is 5.32 Å². The van der Waals surface area contributed by atoms with Gasteiger partial charge in [-0.1, -0.05) is 20.8 Å². The zero-order chi connectivity index (χ0) is 13.3. The lowest BCUT2D eigenvalue weighted by Gasteiger charge is -2.51. The van der Waals surface area contributed by atoms with Crippen LogP contribution in [0.5, 0.6) is 0 Å². The topological polar surface area (TPSA) is 47.6 Å². The van der Waals surface area contributed by atoms with Gasteiger partial charge in [0.1, 0.15) is 0 Å². The maximum atomic E-state index is 10.8. The molecule has 1 aliphatic carbocycles. The van der Waals surface area contributed by atoms with Crippen molar-refractivity contribution in [3.63, 3.8) is 0 Å². The molecule has 2 fully saturated rings. The van der Waals surface area contributed by atoms with Gasteiger partial charge in [0.2, 0.25) is 5.91 Å². The third-order valence-corrected chi connectivity index (χ3v) is 4.84. The van der Waals surface area contributed by atoms with Crippen LogP contribution in [0.2, 0.25) is 0 Å². The summed E-state index contributed by atoms with van der Waals surface area (Å²) in [6, 6.07) is 0. The monoisotopic (exact) mass is 253 g/mol. The van der Waals surface area contributed by atoms with Crippen molar-refractivity contribution in [3.05, 3.63) is 0 Å². The van der Waals surface area contributed by atoms with Crippen molar-refractivity contribution >= 4 is 13.0 Å². The molecule has 4 nitrogen and oxygen atoms in total. The van der Waals surface area contributed by atoms with Gasteiger partial charge in [-0.05, 0) is 30.1 Å². The summed E-state index contributed by atoms with van der Waals surface area (Å²) in [5.74, 6) is 1.50. The highest BCUT2D eigenvalue weighted by Crippen LogP contribution is 2.53. The Bertz CT molecular complexity index is 321. The molecule has 1 heterocycles. The van der Waals surface area contributed by atoms with E-state index < -0.39 is 0 Å². The summed E-state index contributed by atoms with van der Waals surface area (Å²) in [6.45, 7) is 9.17. The second kappa shape index (κ2) is 5.21. The van der Waals surface area contributed by atoms with E-state index in [1.807, 2.05) is 0 Å². The van der Waals surface area contributed by atoms with Crippen LogP contribution in [0.25, 0.3) is 0 Å². The van der Waals surface area contributed by atoms with Gasteiger partial charge in [-0.25, -0.2) is 0 Å². The number of nitrogens with one attached hydrogen (secondary N) is 1. The molecule has 0 aromatic carbocycles. The fourth-order valence-electron chi connectivity index (χ4n) is 2.96. The first-order valence-corrected chi connectivity index (χ1v) is 6.91. The van der Waals surface area contributed by atoms with Crippen LogP contribution in [0.4, 0.5) is 0 Å². The number of hydrogen-bond donors (Lipinski definition) is 1. The summed E-state index contributed by atoms with van der Waals surface area (Å²) in [4.78, 5) is 10.8. The van der Waals surface area contributed by atoms with Gasteiger partial charge in [-0.3, -0.25) is 4.79 Å². The number of rotatable bonds is 4. The molecule has 1 amide bonds. The van der Waals surface area contributed by atoms with E-state index in [1.165, 1.54) is 13.3 Å². The molecule has 18 heavy (non-hydrogen) atoms. The highest BCUT2D eigenvalue weighted by atomic mass is 16.6. The molecule has 1 aliphatic heterocycles. The molecule has 102 valence electrons. The molecule has 1 N–H and O–H groups in total. The quantitative estimate of drug-likeness (QED) is 0.775. The molecular formula is C13H24BNO3. The first-order chi connectivity index (χ1) is 8.39. The highest BCUT2D eigenvalue weighted by molar-refractivity contribution is 6.45. The summed E-state index contributed by atoms with van der Waals surface area (Å²) >= 11 is 0. The van der Waals surface area contributed by atoms with Crippen LogP contribution in [0.3, 0.4) is 0 Å². The van der Waals surface area contributed by atoms with E-state index >= 15 is 0 Å². The molecule has 2 aliphatic rings. The first-order valence-electron chi connectivity index (χ1n) is 6.91. The van der Waals surface area contributed by atoms with Crippen LogP contribution in [-0.4, -0.2) is 32.2 Å². The van der Waals surface area contributed by atoms with Crippen LogP contribution in [0.15, 0.2) is 0 Å².